The van der Waals surface area contributed by atoms with Crippen molar-refractivity contribution in [3.8, 4) is 0 Å². The predicted molar refractivity (Wildman–Crippen MR) is 58.9 cm³/mol. The molecule has 0 radical (unpaired) electrons. The molecule has 1 amide bonds. The minimum atomic E-state index is -0.0296. The summed E-state index contributed by atoms with van der Waals surface area (Å²) in [5.41, 5.74) is 0. The lowest BCUT2D eigenvalue weighted by molar-refractivity contribution is -0.117. The lowest BCUT2D eigenvalue weighted by Crippen LogP contribution is -2.37. The second kappa shape index (κ2) is 5.18. The summed E-state index contributed by atoms with van der Waals surface area (Å²) >= 11 is 0. The van der Waals surface area contributed by atoms with Crippen LogP contribution < -0.4 is 5.32 Å². The standard InChI is InChI=1S/C12H21NO/c1-4-12(14)13-11-7-5-10(6-8-11)9(2)3/h4,9-11H,1,5-8H2,2-3H3,(H,13,14). The summed E-state index contributed by atoms with van der Waals surface area (Å²) in [5.74, 6) is 1.61. The van der Waals surface area contributed by atoms with Gasteiger partial charge in [-0.25, -0.2) is 0 Å². The molecule has 0 aromatic heterocycles. The van der Waals surface area contributed by atoms with E-state index in [1.807, 2.05) is 0 Å². The fourth-order valence-corrected chi connectivity index (χ4v) is 2.19. The van der Waals surface area contributed by atoms with Crippen molar-refractivity contribution in [2.24, 2.45) is 11.8 Å². The van der Waals surface area contributed by atoms with E-state index in [1.54, 1.807) is 0 Å². The molecule has 80 valence electrons. The second-order valence-electron chi connectivity index (χ2n) is 4.57. The number of nitrogens with one attached hydrogen (secondary N) is 1. The van der Waals surface area contributed by atoms with Gasteiger partial charge in [-0.15, -0.1) is 0 Å². The maximum Gasteiger partial charge on any atom is 0.243 e. The van der Waals surface area contributed by atoms with Crippen LogP contribution in [0.25, 0.3) is 0 Å². The van der Waals surface area contributed by atoms with E-state index < -0.39 is 0 Å². The van der Waals surface area contributed by atoms with Crippen molar-refractivity contribution in [3.63, 3.8) is 0 Å². The van der Waals surface area contributed by atoms with Crippen molar-refractivity contribution >= 4 is 5.91 Å². The first-order chi connectivity index (χ1) is 6.63. The number of carbonyl (C=O) groups is 1. The highest BCUT2D eigenvalue weighted by molar-refractivity contribution is 5.87. The van der Waals surface area contributed by atoms with Crippen molar-refractivity contribution in [3.05, 3.63) is 12.7 Å². The van der Waals surface area contributed by atoms with Gasteiger partial charge in [-0.3, -0.25) is 4.79 Å². The normalized spacial score (nSPS) is 27.4. The highest BCUT2D eigenvalue weighted by atomic mass is 16.1. The largest absolute Gasteiger partial charge is 0.350 e. The van der Waals surface area contributed by atoms with Crippen LogP contribution in [-0.2, 0) is 4.79 Å². The van der Waals surface area contributed by atoms with E-state index in [9.17, 15) is 4.79 Å². The van der Waals surface area contributed by atoms with Crippen LogP contribution in [0.2, 0.25) is 0 Å². The molecule has 1 aliphatic carbocycles. The monoisotopic (exact) mass is 195 g/mol. The van der Waals surface area contributed by atoms with Crippen molar-refractivity contribution in [2.45, 2.75) is 45.6 Å². The third kappa shape index (κ3) is 3.17. The zero-order valence-corrected chi connectivity index (χ0v) is 9.25. The Morgan fingerprint density at radius 2 is 1.93 bits per heavy atom. The molecule has 1 aliphatic rings. The van der Waals surface area contributed by atoms with Gasteiger partial charge in [-0.1, -0.05) is 20.4 Å². The van der Waals surface area contributed by atoms with Crippen LogP contribution in [0.4, 0.5) is 0 Å². The Morgan fingerprint density at radius 3 is 2.36 bits per heavy atom. The topological polar surface area (TPSA) is 29.1 Å². The molecule has 1 fully saturated rings. The Hall–Kier alpha value is -0.790. The van der Waals surface area contributed by atoms with Crippen LogP contribution in [0.15, 0.2) is 12.7 Å². The third-order valence-electron chi connectivity index (χ3n) is 3.25. The molecule has 0 aromatic rings. The summed E-state index contributed by atoms with van der Waals surface area (Å²) in [6.07, 6.45) is 6.11. The Morgan fingerprint density at radius 1 is 1.36 bits per heavy atom. The first kappa shape index (κ1) is 11.3. The van der Waals surface area contributed by atoms with E-state index >= 15 is 0 Å². The predicted octanol–water partition coefficient (Wildman–Crippen LogP) is 2.50. The smallest absolute Gasteiger partial charge is 0.243 e. The van der Waals surface area contributed by atoms with E-state index in [1.165, 1.54) is 18.9 Å². The third-order valence-corrected chi connectivity index (χ3v) is 3.25. The lowest BCUT2D eigenvalue weighted by atomic mass is 9.80. The van der Waals surface area contributed by atoms with Crippen molar-refractivity contribution in [2.75, 3.05) is 0 Å². The zero-order chi connectivity index (χ0) is 10.6. The lowest BCUT2D eigenvalue weighted by Gasteiger charge is -2.31. The molecule has 0 heterocycles. The Bertz CT molecular complexity index is 202. The number of hydrogen-bond acceptors (Lipinski definition) is 1. The SMILES string of the molecule is C=CC(=O)NC1CCC(C(C)C)CC1. The molecule has 2 nitrogen and oxygen atoms in total. The van der Waals surface area contributed by atoms with Gasteiger partial charge in [0, 0.05) is 6.04 Å². The van der Waals surface area contributed by atoms with Gasteiger partial charge in [0.05, 0.1) is 0 Å². The van der Waals surface area contributed by atoms with Gasteiger partial charge in [0.15, 0.2) is 0 Å². The first-order valence-corrected chi connectivity index (χ1v) is 5.56. The molecule has 14 heavy (non-hydrogen) atoms. The highest BCUT2D eigenvalue weighted by Crippen LogP contribution is 2.29. The quantitative estimate of drug-likeness (QED) is 0.689. The molecular weight excluding hydrogens is 174 g/mol. The summed E-state index contributed by atoms with van der Waals surface area (Å²) in [5, 5.41) is 2.97. The molecule has 2 heteroatoms. The van der Waals surface area contributed by atoms with Crippen LogP contribution in [0, 0.1) is 11.8 Å². The molecule has 0 unspecified atom stereocenters. The van der Waals surface area contributed by atoms with Gasteiger partial charge in [-0.2, -0.15) is 0 Å². The summed E-state index contributed by atoms with van der Waals surface area (Å²) < 4.78 is 0. The van der Waals surface area contributed by atoms with Gasteiger partial charge in [0.1, 0.15) is 0 Å². The van der Waals surface area contributed by atoms with Gasteiger partial charge in [0.25, 0.3) is 0 Å². The number of carbonyl (C=O) groups excluding carboxylic acids is 1. The highest BCUT2D eigenvalue weighted by Gasteiger charge is 2.23. The fourth-order valence-electron chi connectivity index (χ4n) is 2.19. The average molecular weight is 195 g/mol. The minimum absolute atomic E-state index is 0.0296. The molecule has 0 bridgehead atoms. The summed E-state index contributed by atoms with van der Waals surface area (Å²) in [6, 6.07) is 0.385. The Labute approximate surface area is 86.8 Å². The molecule has 0 saturated heterocycles. The van der Waals surface area contributed by atoms with E-state index in [4.69, 9.17) is 0 Å². The van der Waals surface area contributed by atoms with E-state index in [2.05, 4.69) is 25.7 Å². The van der Waals surface area contributed by atoms with E-state index in [0.29, 0.717) is 6.04 Å². The van der Waals surface area contributed by atoms with Crippen molar-refractivity contribution < 1.29 is 4.79 Å². The van der Waals surface area contributed by atoms with Gasteiger partial charge in [-0.05, 0) is 43.6 Å². The van der Waals surface area contributed by atoms with Gasteiger partial charge < -0.3 is 5.32 Å². The summed E-state index contributed by atoms with van der Waals surface area (Å²) in [4.78, 5) is 11.1. The Balaban J connectivity index is 2.28. The van der Waals surface area contributed by atoms with Crippen LogP contribution in [0.1, 0.15) is 39.5 Å². The van der Waals surface area contributed by atoms with Crippen LogP contribution in [0.3, 0.4) is 0 Å². The van der Waals surface area contributed by atoms with Crippen LogP contribution in [-0.4, -0.2) is 11.9 Å². The molecule has 0 aromatic carbocycles. The number of rotatable bonds is 3. The molecule has 0 aliphatic heterocycles. The van der Waals surface area contributed by atoms with Gasteiger partial charge >= 0.3 is 0 Å². The molecule has 1 saturated carbocycles. The molecule has 1 N–H and O–H groups in total. The Kier molecular flexibility index (Phi) is 4.18. The van der Waals surface area contributed by atoms with Crippen LogP contribution >= 0.6 is 0 Å². The van der Waals surface area contributed by atoms with Gasteiger partial charge in [0.2, 0.25) is 5.91 Å². The van der Waals surface area contributed by atoms with Crippen molar-refractivity contribution in [1.82, 2.24) is 5.32 Å². The molecular formula is C12H21NO. The average Bonchev–Trinajstić information content (AvgIpc) is 2.18. The van der Waals surface area contributed by atoms with E-state index in [0.717, 1.165) is 24.7 Å². The second-order valence-corrected chi connectivity index (χ2v) is 4.57. The molecule has 0 spiro atoms. The maximum atomic E-state index is 11.1. The fraction of sp³-hybridized carbons (Fsp3) is 0.750. The number of hydrogen-bond donors (Lipinski definition) is 1. The zero-order valence-electron chi connectivity index (χ0n) is 9.25. The van der Waals surface area contributed by atoms with Crippen molar-refractivity contribution in [1.29, 1.82) is 0 Å². The first-order valence-electron chi connectivity index (χ1n) is 5.56. The van der Waals surface area contributed by atoms with Crippen LogP contribution in [0.5, 0.6) is 0 Å². The summed E-state index contributed by atoms with van der Waals surface area (Å²) in [7, 11) is 0. The minimum Gasteiger partial charge on any atom is -0.350 e. The summed E-state index contributed by atoms with van der Waals surface area (Å²) in [6.45, 7) is 8.03. The number of amides is 1. The molecule has 1 rings (SSSR count). The maximum absolute atomic E-state index is 11.1. The molecule has 0 atom stereocenters. The van der Waals surface area contributed by atoms with E-state index in [-0.39, 0.29) is 5.91 Å².